The van der Waals surface area contributed by atoms with Crippen LogP contribution in [-0.4, -0.2) is 14.5 Å². The van der Waals surface area contributed by atoms with Crippen LogP contribution in [0.5, 0.6) is 0 Å². The van der Waals surface area contributed by atoms with Crippen LogP contribution >= 0.6 is 0 Å². The third-order valence-electron chi connectivity index (χ3n) is 2.75. The Morgan fingerprint density at radius 1 is 1.31 bits per heavy atom. The maximum Gasteiger partial charge on any atom is 0.141 e. The summed E-state index contributed by atoms with van der Waals surface area (Å²) in [6, 6.07) is 7.76. The van der Waals surface area contributed by atoms with E-state index in [-0.39, 0.29) is 0 Å². The molecule has 0 aliphatic rings. The highest BCUT2D eigenvalue weighted by atomic mass is 15.0. The fraction of sp³-hybridized carbons (Fsp3) is 0.0833. The molecule has 0 aliphatic heterocycles. The molecule has 0 saturated carbocycles. The molecule has 0 unspecified atom stereocenters. The number of aryl methyl sites for hydroxylation is 1. The molecule has 3 aromatic rings. The van der Waals surface area contributed by atoms with Gasteiger partial charge in [0, 0.05) is 24.0 Å². The van der Waals surface area contributed by atoms with Crippen LogP contribution in [0, 0.1) is 11.3 Å². The van der Waals surface area contributed by atoms with Gasteiger partial charge < -0.3 is 4.57 Å². The molecule has 0 radical (unpaired) electrons. The highest BCUT2D eigenvalue weighted by Crippen LogP contribution is 2.25. The molecule has 0 aromatic carbocycles. The molecule has 76 valence electrons. The molecule has 0 spiro atoms. The second kappa shape index (κ2) is 3.04. The molecule has 4 nitrogen and oxygen atoms in total. The van der Waals surface area contributed by atoms with E-state index < -0.39 is 0 Å². The van der Waals surface area contributed by atoms with E-state index in [4.69, 9.17) is 5.26 Å². The van der Waals surface area contributed by atoms with Crippen LogP contribution in [0.25, 0.3) is 21.9 Å². The van der Waals surface area contributed by atoms with E-state index >= 15 is 0 Å². The average molecular weight is 208 g/mol. The highest BCUT2D eigenvalue weighted by molar-refractivity contribution is 6.06. The summed E-state index contributed by atoms with van der Waals surface area (Å²) in [6.07, 6.45) is 3.48. The summed E-state index contributed by atoms with van der Waals surface area (Å²) in [4.78, 5) is 8.40. The van der Waals surface area contributed by atoms with Crippen molar-refractivity contribution >= 4 is 21.9 Å². The van der Waals surface area contributed by atoms with E-state index in [0.29, 0.717) is 5.69 Å². The Labute approximate surface area is 91.8 Å². The van der Waals surface area contributed by atoms with Gasteiger partial charge in [-0.25, -0.2) is 9.97 Å². The molecule has 3 aromatic heterocycles. The molecule has 0 amide bonds. The van der Waals surface area contributed by atoms with E-state index in [1.807, 2.05) is 23.7 Å². The molecule has 0 bridgehead atoms. The minimum Gasteiger partial charge on any atom is -0.327 e. The SMILES string of the molecule is Cn1c2cnc(C#N)cc2c2cccnc21. The lowest BCUT2D eigenvalue weighted by atomic mass is 10.2. The highest BCUT2D eigenvalue weighted by Gasteiger charge is 2.09. The van der Waals surface area contributed by atoms with Crippen molar-refractivity contribution < 1.29 is 0 Å². The van der Waals surface area contributed by atoms with Crippen LogP contribution in [0.1, 0.15) is 5.69 Å². The van der Waals surface area contributed by atoms with Crippen LogP contribution in [0.4, 0.5) is 0 Å². The fourth-order valence-electron chi connectivity index (χ4n) is 1.98. The normalized spacial score (nSPS) is 10.8. The van der Waals surface area contributed by atoms with E-state index in [9.17, 15) is 0 Å². The second-order valence-corrected chi connectivity index (χ2v) is 3.63. The van der Waals surface area contributed by atoms with Crippen molar-refractivity contribution in [2.45, 2.75) is 0 Å². The molecule has 3 heterocycles. The van der Waals surface area contributed by atoms with Gasteiger partial charge in [-0.15, -0.1) is 0 Å². The fourth-order valence-corrected chi connectivity index (χ4v) is 1.98. The summed E-state index contributed by atoms with van der Waals surface area (Å²) in [5.74, 6) is 0. The van der Waals surface area contributed by atoms with Crippen molar-refractivity contribution in [3.63, 3.8) is 0 Å². The third kappa shape index (κ3) is 1.03. The van der Waals surface area contributed by atoms with Crippen molar-refractivity contribution in [2.75, 3.05) is 0 Å². The predicted molar refractivity (Wildman–Crippen MR) is 60.7 cm³/mol. The van der Waals surface area contributed by atoms with Gasteiger partial charge in [0.05, 0.1) is 11.7 Å². The number of rotatable bonds is 0. The Morgan fingerprint density at radius 3 is 3.00 bits per heavy atom. The summed E-state index contributed by atoms with van der Waals surface area (Å²) < 4.78 is 1.98. The van der Waals surface area contributed by atoms with E-state index in [1.165, 1.54) is 0 Å². The zero-order valence-electron chi connectivity index (χ0n) is 8.68. The van der Waals surface area contributed by atoms with E-state index in [1.54, 1.807) is 18.5 Å². The average Bonchev–Trinajstić information content (AvgIpc) is 2.64. The summed E-state index contributed by atoms with van der Waals surface area (Å²) in [6.45, 7) is 0. The Bertz CT molecular complexity index is 734. The number of nitrogens with zero attached hydrogens (tertiary/aromatic N) is 4. The van der Waals surface area contributed by atoms with Gasteiger partial charge in [-0.05, 0) is 18.2 Å². The molecule has 4 heteroatoms. The van der Waals surface area contributed by atoms with Crippen LogP contribution in [0.3, 0.4) is 0 Å². The number of fused-ring (bicyclic) bond motifs is 3. The molecule has 0 N–H and O–H groups in total. The van der Waals surface area contributed by atoms with Gasteiger partial charge in [-0.1, -0.05) is 0 Å². The molecule has 16 heavy (non-hydrogen) atoms. The molecule has 3 rings (SSSR count). The van der Waals surface area contributed by atoms with Crippen LogP contribution in [0.2, 0.25) is 0 Å². The van der Waals surface area contributed by atoms with Gasteiger partial charge in [0.25, 0.3) is 0 Å². The van der Waals surface area contributed by atoms with Crippen LogP contribution in [-0.2, 0) is 7.05 Å². The van der Waals surface area contributed by atoms with Gasteiger partial charge in [0.1, 0.15) is 17.4 Å². The lowest BCUT2D eigenvalue weighted by molar-refractivity contribution is 0.984. The maximum atomic E-state index is 8.84. The monoisotopic (exact) mass is 208 g/mol. The van der Waals surface area contributed by atoms with Crippen LogP contribution in [0.15, 0.2) is 30.6 Å². The molecule has 0 fully saturated rings. The lowest BCUT2D eigenvalue weighted by Crippen LogP contribution is -1.89. The summed E-state index contributed by atoms with van der Waals surface area (Å²) in [7, 11) is 1.95. The zero-order valence-corrected chi connectivity index (χ0v) is 8.68. The first-order valence-corrected chi connectivity index (χ1v) is 4.90. The molecule has 0 saturated heterocycles. The van der Waals surface area contributed by atoms with Gasteiger partial charge in [0.2, 0.25) is 0 Å². The predicted octanol–water partition coefficient (Wildman–Crippen LogP) is 1.99. The largest absolute Gasteiger partial charge is 0.327 e. The van der Waals surface area contributed by atoms with Gasteiger partial charge >= 0.3 is 0 Å². The number of pyridine rings is 2. The van der Waals surface area contributed by atoms with E-state index in [2.05, 4.69) is 16.0 Å². The first-order chi connectivity index (χ1) is 7.81. The van der Waals surface area contributed by atoms with Crippen molar-refractivity contribution in [1.82, 2.24) is 14.5 Å². The Kier molecular flexibility index (Phi) is 1.68. The summed E-state index contributed by atoms with van der Waals surface area (Å²) in [5, 5.41) is 10.9. The lowest BCUT2D eigenvalue weighted by Gasteiger charge is -1.95. The van der Waals surface area contributed by atoms with Gasteiger partial charge in [-0.3, -0.25) is 0 Å². The number of hydrogen-bond donors (Lipinski definition) is 0. The quantitative estimate of drug-likeness (QED) is 0.567. The first kappa shape index (κ1) is 8.86. The Balaban J connectivity index is 2.58. The standard InChI is InChI=1S/C12H8N4/c1-16-11-7-15-8(6-13)5-10(11)9-3-2-4-14-12(9)16/h2-5,7H,1H3. The van der Waals surface area contributed by atoms with E-state index in [0.717, 1.165) is 21.9 Å². The second-order valence-electron chi connectivity index (χ2n) is 3.63. The Morgan fingerprint density at radius 2 is 2.19 bits per heavy atom. The van der Waals surface area contributed by atoms with Crippen molar-refractivity contribution in [1.29, 1.82) is 5.26 Å². The summed E-state index contributed by atoms with van der Waals surface area (Å²) in [5.41, 5.74) is 2.34. The van der Waals surface area contributed by atoms with Crippen molar-refractivity contribution in [3.05, 3.63) is 36.3 Å². The zero-order chi connectivity index (χ0) is 11.1. The van der Waals surface area contributed by atoms with Gasteiger partial charge in [-0.2, -0.15) is 5.26 Å². The number of aromatic nitrogens is 3. The van der Waals surface area contributed by atoms with Crippen molar-refractivity contribution in [2.24, 2.45) is 7.05 Å². The topological polar surface area (TPSA) is 54.5 Å². The Hall–Kier alpha value is -2.41. The van der Waals surface area contributed by atoms with Crippen LogP contribution < -0.4 is 0 Å². The molecule has 0 aliphatic carbocycles. The maximum absolute atomic E-state index is 8.84. The van der Waals surface area contributed by atoms with Crippen molar-refractivity contribution in [3.8, 4) is 6.07 Å². The molecular weight excluding hydrogens is 200 g/mol. The smallest absolute Gasteiger partial charge is 0.141 e. The minimum absolute atomic E-state index is 0.434. The number of hydrogen-bond acceptors (Lipinski definition) is 3. The third-order valence-corrected chi connectivity index (χ3v) is 2.75. The van der Waals surface area contributed by atoms with Gasteiger partial charge in [0.15, 0.2) is 0 Å². The minimum atomic E-state index is 0.434. The first-order valence-electron chi connectivity index (χ1n) is 4.90. The summed E-state index contributed by atoms with van der Waals surface area (Å²) >= 11 is 0. The number of nitriles is 1. The molecule has 0 atom stereocenters. The molecular formula is C12H8N4.